The minimum Gasteiger partial charge on any atom is -0.388 e. The summed E-state index contributed by atoms with van der Waals surface area (Å²) in [6, 6.07) is 0.463. The Morgan fingerprint density at radius 3 is 2.48 bits per heavy atom. The molecule has 0 aromatic carbocycles. The number of nitrogens with zero attached hydrogens (tertiary/aromatic N) is 2. The van der Waals surface area contributed by atoms with Crippen molar-refractivity contribution in [3.8, 4) is 0 Å². The molecule has 0 radical (unpaired) electrons. The summed E-state index contributed by atoms with van der Waals surface area (Å²) in [5.41, 5.74) is -0.685. The van der Waals surface area contributed by atoms with E-state index in [9.17, 15) is 5.11 Å². The van der Waals surface area contributed by atoms with Gasteiger partial charge >= 0.3 is 0 Å². The molecule has 2 saturated heterocycles. The molecule has 0 aromatic heterocycles. The van der Waals surface area contributed by atoms with Crippen molar-refractivity contribution in [2.24, 2.45) is 10.9 Å². The zero-order valence-corrected chi connectivity index (χ0v) is 16.4. The number of ether oxygens (including phenoxy) is 1. The lowest BCUT2D eigenvalue weighted by Gasteiger charge is -2.34. The average Bonchev–Trinajstić information content (AvgIpc) is 3.14. The summed E-state index contributed by atoms with van der Waals surface area (Å²) < 4.78 is 5.49. The first kappa shape index (κ1) is 20.5. The number of piperidine rings is 1. The van der Waals surface area contributed by atoms with Crippen molar-refractivity contribution < 1.29 is 9.84 Å². The van der Waals surface area contributed by atoms with Gasteiger partial charge < -0.3 is 25.4 Å². The maximum atomic E-state index is 10.4. The van der Waals surface area contributed by atoms with Crippen molar-refractivity contribution in [3.63, 3.8) is 0 Å². The second kappa shape index (κ2) is 10.3. The van der Waals surface area contributed by atoms with Crippen LogP contribution in [0.1, 0.15) is 52.9 Å². The Hall–Kier alpha value is -0.850. The van der Waals surface area contributed by atoms with Gasteiger partial charge in [0.1, 0.15) is 0 Å². The summed E-state index contributed by atoms with van der Waals surface area (Å²) in [6.07, 6.45) is 4.96. The second-order valence-electron chi connectivity index (χ2n) is 7.58. The third-order valence-corrected chi connectivity index (χ3v) is 5.66. The van der Waals surface area contributed by atoms with Crippen LogP contribution in [-0.4, -0.2) is 73.5 Å². The Kier molecular flexibility index (Phi) is 8.46. The normalized spacial score (nSPS) is 23.8. The van der Waals surface area contributed by atoms with Gasteiger partial charge in [0.25, 0.3) is 0 Å². The lowest BCUT2D eigenvalue weighted by molar-refractivity contribution is 0.0417. The van der Waals surface area contributed by atoms with E-state index in [4.69, 9.17) is 4.74 Å². The van der Waals surface area contributed by atoms with Gasteiger partial charge in [-0.05, 0) is 44.9 Å². The molecule has 0 aromatic rings. The molecule has 146 valence electrons. The zero-order valence-electron chi connectivity index (χ0n) is 16.4. The summed E-state index contributed by atoms with van der Waals surface area (Å²) in [6.45, 7) is 12.7. The molecule has 0 aliphatic carbocycles. The molecule has 6 nitrogen and oxygen atoms in total. The first-order chi connectivity index (χ1) is 12.1. The van der Waals surface area contributed by atoms with Crippen LogP contribution in [0, 0.1) is 5.92 Å². The summed E-state index contributed by atoms with van der Waals surface area (Å²) in [4.78, 5) is 7.22. The molecular formula is C19H38N4O2. The molecule has 1 unspecified atom stereocenters. The van der Waals surface area contributed by atoms with Crippen LogP contribution in [0.25, 0.3) is 0 Å². The van der Waals surface area contributed by atoms with E-state index >= 15 is 0 Å². The standard InChI is InChI=1S/C19H38N4O2/c1-4-19(24,5-2)15-21-18(20-6-3)22-17-7-10-23(11-8-17)13-16-9-12-25-14-16/h16-17,24H,4-15H2,1-3H3,(H2,20,21,22). The highest BCUT2D eigenvalue weighted by Gasteiger charge is 2.25. The van der Waals surface area contributed by atoms with Gasteiger partial charge in [0.2, 0.25) is 0 Å². The molecular weight excluding hydrogens is 316 g/mol. The molecule has 0 spiro atoms. The number of aliphatic hydroxyl groups is 1. The van der Waals surface area contributed by atoms with E-state index in [2.05, 4.69) is 27.4 Å². The molecule has 2 heterocycles. The summed E-state index contributed by atoms with van der Waals surface area (Å²) >= 11 is 0. The van der Waals surface area contributed by atoms with Crippen LogP contribution in [0.5, 0.6) is 0 Å². The van der Waals surface area contributed by atoms with E-state index in [1.54, 1.807) is 0 Å². The van der Waals surface area contributed by atoms with Gasteiger partial charge in [0.05, 0.1) is 18.8 Å². The van der Waals surface area contributed by atoms with Crippen molar-refractivity contribution in [1.82, 2.24) is 15.5 Å². The molecule has 1 atom stereocenters. The molecule has 2 aliphatic heterocycles. The van der Waals surface area contributed by atoms with E-state index in [1.165, 1.54) is 13.0 Å². The third kappa shape index (κ3) is 6.76. The zero-order chi connectivity index (χ0) is 18.1. The molecule has 2 fully saturated rings. The van der Waals surface area contributed by atoms with Crippen LogP contribution < -0.4 is 10.6 Å². The third-order valence-electron chi connectivity index (χ3n) is 5.66. The Bertz CT molecular complexity index is 398. The number of nitrogens with one attached hydrogen (secondary N) is 2. The minimum absolute atomic E-state index is 0.454. The highest BCUT2D eigenvalue weighted by atomic mass is 16.5. The molecule has 3 N–H and O–H groups in total. The lowest BCUT2D eigenvalue weighted by atomic mass is 9.98. The fourth-order valence-corrected chi connectivity index (χ4v) is 3.57. The average molecular weight is 355 g/mol. The first-order valence-corrected chi connectivity index (χ1v) is 10.2. The molecule has 6 heteroatoms. The van der Waals surface area contributed by atoms with E-state index in [0.717, 1.165) is 70.4 Å². The van der Waals surface area contributed by atoms with Crippen LogP contribution in [0.3, 0.4) is 0 Å². The van der Waals surface area contributed by atoms with Gasteiger partial charge in [-0.3, -0.25) is 4.99 Å². The number of guanidine groups is 1. The monoisotopic (exact) mass is 354 g/mol. The highest BCUT2D eigenvalue weighted by Crippen LogP contribution is 2.18. The number of rotatable bonds is 8. The molecule has 2 rings (SSSR count). The molecule has 0 saturated carbocycles. The van der Waals surface area contributed by atoms with Crippen molar-refractivity contribution in [3.05, 3.63) is 0 Å². The van der Waals surface area contributed by atoms with E-state index < -0.39 is 5.60 Å². The Labute approximate surface area is 153 Å². The Morgan fingerprint density at radius 1 is 1.20 bits per heavy atom. The van der Waals surface area contributed by atoms with Crippen LogP contribution >= 0.6 is 0 Å². The molecule has 2 aliphatic rings. The Balaban J connectivity index is 1.78. The Morgan fingerprint density at radius 2 is 1.92 bits per heavy atom. The maximum Gasteiger partial charge on any atom is 0.191 e. The molecule has 25 heavy (non-hydrogen) atoms. The van der Waals surface area contributed by atoms with E-state index in [0.29, 0.717) is 12.6 Å². The summed E-state index contributed by atoms with van der Waals surface area (Å²) in [5, 5.41) is 17.3. The number of hydrogen-bond donors (Lipinski definition) is 3. The van der Waals surface area contributed by atoms with Gasteiger partial charge in [0.15, 0.2) is 5.96 Å². The summed E-state index contributed by atoms with van der Waals surface area (Å²) in [7, 11) is 0. The maximum absolute atomic E-state index is 10.4. The largest absolute Gasteiger partial charge is 0.388 e. The van der Waals surface area contributed by atoms with Crippen molar-refractivity contribution in [2.75, 3.05) is 45.9 Å². The van der Waals surface area contributed by atoms with Crippen LogP contribution in [-0.2, 0) is 4.74 Å². The van der Waals surface area contributed by atoms with E-state index in [-0.39, 0.29) is 0 Å². The SMILES string of the molecule is CCNC(=NCC(O)(CC)CC)NC1CCN(CC2CCOC2)CC1. The smallest absolute Gasteiger partial charge is 0.191 e. The predicted octanol–water partition coefficient (Wildman–Crippen LogP) is 1.59. The fraction of sp³-hybridized carbons (Fsp3) is 0.947. The minimum atomic E-state index is -0.685. The van der Waals surface area contributed by atoms with Crippen molar-refractivity contribution >= 4 is 5.96 Å². The van der Waals surface area contributed by atoms with Gasteiger partial charge in [0, 0.05) is 38.8 Å². The van der Waals surface area contributed by atoms with Crippen molar-refractivity contribution in [1.29, 1.82) is 0 Å². The van der Waals surface area contributed by atoms with Crippen LogP contribution in [0.15, 0.2) is 4.99 Å². The molecule has 0 bridgehead atoms. The van der Waals surface area contributed by atoms with E-state index in [1.807, 2.05) is 13.8 Å². The quantitative estimate of drug-likeness (QED) is 0.456. The van der Waals surface area contributed by atoms with Crippen LogP contribution in [0.4, 0.5) is 0 Å². The lowest BCUT2D eigenvalue weighted by Crippen LogP contribution is -2.49. The van der Waals surface area contributed by atoms with Gasteiger partial charge in [-0.15, -0.1) is 0 Å². The highest BCUT2D eigenvalue weighted by molar-refractivity contribution is 5.80. The second-order valence-corrected chi connectivity index (χ2v) is 7.58. The van der Waals surface area contributed by atoms with Gasteiger partial charge in [-0.25, -0.2) is 0 Å². The first-order valence-electron chi connectivity index (χ1n) is 10.2. The number of likely N-dealkylation sites (tertiary alicyclic amines) is 1. The summed E-state index contributed by atoms with van der Waals surface area (Å²) in [5.74, 6) is 1.56. The molecule has 0 amide bonds. The van der Waals surface area contributed by atoms with Gasteiger partial charge in [-0.1, -0.05) is 13.8 Å². The number of aliphatic imine (C=N–C) groups is 1. The predicted molar refractivity (Wildman–Crippen MR) is 103 cm³/mol. The van der Waals surface area contributed by atoms with Crippen molar-refractivity contribution in [2.45, 2.75) is 64.5 Å². The van der Waals surface area contributed by atoms with Gasteiger partial charge in [-0.2, -0.15) is 0 Å². The number of hydrogen-bond acceptors (Lipinski definition) is 4. The van der Waals surface area contributed by atoms with Crippen LogP contribution in [0.2, 0.25) is 0 Å². The topological polar surface area (TPSA) is 69.1 Å². The fourth-order valence-electron chi connectivity index (χ4n) is 3.57.